The molecule has 176 valence electrons. The Morgan fingerprint density at radius 3 is 2.55 bits per heavy atom. The number of aliphatic hydroxyl groups excluding tert-OH is 1. The maximum Gasteiger partial charge on any atom is 0.341 e. The lowest BCUT2D eigenvalue weighted by Gasteiger charge is -2.20. The minimum atomic E-state index is -1.52. The lowest BCUT2D eigenvalue weighted by Crippen LogP contribution is -2.20. The molecule has 3 aromatic rings. The van der Waals surface area contributed by atoms with Gasteiger partial charge in [-0.2, -0.15) is 0 Å². The zero-order valence-corrected chi connectivity index (χ0v) is 19.5. The second-order valence-electron chi connectivity index (χ2n) is 7.73. The second kappa shape index (κ2) is 9.86. The number of carbonyl (C=O) groups is 1. The fraction of sp³-hybridized carbons (Fsp3) is 0.273. The SMILES string of the molecule is CN(C)CCCNc1c(F)cc2c(=O)c(C(=O)O)cn(-c3cc(N)c(F)cc3CO)c2c1Br. The molecular weight excluding hydrogens is 502 g/mol. The van der Waals surface area contributed by atoms with Crippen LogP contribution >= 0.6 is 15.9 Å². The second-order valence-corrected chi connectivity index (χ2v) is 8.53. The van der Waals surface area contributed by atoms with Gasteiger partial charge in [-0.25, -0.2) is 13.6 Å². The fourth-order valence-corrected chi connectivity index (χ4v) is 4.23. The van der Waals surface area contributed by atoms with Crippen LogP contribution in [0.1, 0.15) is 22.3 Å². The maximum absolute atomic E-state index is 15.0. The molecule has 0 spiro atoms. The Morgan fingerprint density at radius 1 is 1.24 bits per heavy atom. The third-order valence-corrected chi connectivity index (χ3v) is 5.89. The molecule has 1 heterocycles. The molecule has 0 fully saturated rings. The first kappa shape index (κ1) is 24.6. The molecule has 0 aliphatic rings. The van der Waals surface area contributed by atoms with Gasteiger partial charge in [0.1, 0.15) is 17.2 Å². The number of hydrogen-bond acceptors (Lipinski definition) is 6. The summed E-state index contributed by atoms with van der Waals surface area (Å²) in [7, 11) is 3.83. The normalized spacial score (nSPS) is 11.4. The Labute approximate surface area is 196 Å². The highest BCUT2D eigenvalue weighted by Gasteiger charge is 2.23. The molecule has 0 saturated heterocycles. The predicted octanol–water partition coefficient (Wildman–Crippen LogP) is 3.17. The van der Waals surface area contributed by atoms with Crippen LogP contribution in [0.2, 0.25) is 0 Å². The van der Waals surface area contributed by atoms with Crippen molar-refractivity contribution in [2.45, 2.75) is 13.0 Å². The number of rotatable bonds is 8. The van der Waals surface area contributed by atoms with Gasteiger partial charge in [0.05, 0.1) is 39.0 Å². The van der Waals surface area contributed by atoms with E-state index in [9.17, 15) is 28.6 Å². The van der Waals surface area contributed by atoms with Crippen LogP contribution in [-0.4, -0.2) is 52.8 Å². The summed E-state index contributed by atoms with van der Waals surface area (Å²) < 4.78 is 30.4. The molecule has 11 heteroatoms. The number of anilines is 2. The zero-order valence-electron chi connectivity index (χ0n) is 18.0. The van der Waals surface area contributed by atoms with Gasteiger partial charge in [0.15, 0.2) is 0 Å². The largest absolute Gasteiger partial charge is 0.477 e. The number of nitrogen functional groups attached to an aromatic ring is 1. The van der Waals surface area contributed by atoms with Gasteiger partial charge in [-0.1, -0.05) is 0 Å². The van der Waals surface area contributed by atoms with Crippen molar-refractivity contribution in [2.24, 2.45) is 0 Å². The summed E-state index contributed by atoms with van der Waals surface area (Å²) in [6.45, 7) is 0.611. The van der Waals surface area contributed by atoms with E-state index in [1.807, 2.05) is 19.0 Å². The van der Waals surface area contributed by atoms with Crippen molar-refractivity contribution in [3.8, 4) is 5.69 Å². The number of benzene rings is 2. The molecule has 0 aliphatic heterocycles. The quantitative estimate of drug-likeness (QED) is 0.264. The van der Waals surface area contributed by atoms with E-state index >= 15 is 0 Å². The van der Waals surface area contributed by atoms with Crippen molar-refractivity contribution in [2.75, 3.05) is 38.2 Å². The molecule has 5 N–H and O–H groups in total. The van der Waals surface area contributed by atoms with Crippen LogP contribution in [0, 0.1) is 11.6 Å². The Kier molecular flexibility index (Phi) is 7.35. The summed E-state index contributed by atoms with van der Waals surface area (Å²) in [5.41, 5.74) is 4.44. The molecule has 3 rings (SSSR count). The van der Waals surface area contributed by atoms with Crippen molar-refractivity contribution >= 4 is 44.2 Å². The minimum Gasteiger partial charge on any atom is -0.477 e. The van der Waals surface area contributed by atoms with Gasteiger partial charge < -0.3 is 30.7 Å². The lowest BCUT2D eigenvalue weighted by molar-refractivity contribution is 0.0695. The van der Waals surface area contributed by atoms with E-state index in [1.165, 1.54) is 10.6 Å². The highest BCUT2D eigenvalue weighted by molar-refractivity contribution is 9.10. The summed E-state index contributed by atoms with van der Waals surface area (Å²) in [6.07, 6.45) is 1.77. The molecule has 0 amide bonds. The Balaban J connectivity index is 2.33. The topological polar surface area (TPSA) is 121 Å². The van der Waals surface area contributed by atoms with E-state index < -0.39 is 35.2 Å². The van der Waals surface area contributed by atoms with Gasteiger partial charge in [-0.05, 0) is 61.2 Å². The Morgan fingerprint density at radius 2 is 1.94 bits per heavy atom. The fourth-order valence-electron chi connectivity index (χ4n) is 3.50. The van der Waals surface area contributed by atoms with Gasteiger partial charge in [0.25, 0.3) is 0 Å². The summed E-state index contributed by atoms with van der Waals surface area (Å²) in [5, 5.41) is 22.1. The number of nitrogens with zero attached hydrogens (tertiary/aromatic N) is 2. The Bertz CT molecular complexity index is 1290. The predicted molar refractivity (Wildman–Crippen MR) is 126 cm³/mol. The average Bonchev–Trinajstić information content (AvgIpc) is 2.75. The molecule has 0 saturated carbocycles. The van der Waals surface area contributed by atoms with Crippen molar-refractivity contribution < 1.29 is 23.8 Å². The molecule has 0 bridgehead atoms. The van der Waals surface area contributed by atoms with E-state index in [0.717, 1.165) is 24.9 Å². The summed E-state index contributed by atoms with van der Waals surface area (Å²) in [6, 6.07) is 3.20. The van der Waals surface area contributed by atoms with Crippen LogP contribution in [0.15, 0.2) is 33.7 Å². The van der Waals surface area contributed by atoms with Crippen LogP contribution < -0.4 is 16.5 Å². The van der Waals surface area contributed by atoms with Crippen molar-refractivity contribution in [1.29, 1.82) is 0 Å². The summed E-state index contributed by atoms with van der Waals surface area (Å²) >= 11 is 3.35. The van der Waals surface area contributed by atoms with Crippen LogP contribution in [0.25, 0.3) is 16.6 Å². The minimum absolute atomic E-state index is 0.0816. The lowest BCUT2D eigenvalue weighted by atomic mass is 10.1. The molecule has 33 heavy (non-hydrogen) atoms. The Hall–Kier alpha value is -3.02. The first-order valence-corrected chi connectivity index (χ1v) is 10.7. The maximum atomic E-state index is 15.0. The standard InChI is InChI=1S/C22H23BrF2N4O4/c1-28(2)5-3-4-27-19-15(25)7-12-20(18(19)23)29(9-13(21(12)31)22(32)33)17-8-16(26)14(24)6-11(17)10-30/h6-9,27,30H,3-5,10,26H2,1-2H3,(H,32,33). The highest BCUT2D eigenvalue weighted by atomic mass is 79.9. The number of carboxylic acids is 1. The van der Waals surface area contributed by atoms with E-state index in [-0.39, 0.29) is 38.0 Å². The van der Waals surface area contributed by atoms with Gasteiger partial charge in [0.2, 0.25) is 5.43 Å². The van der Waals surface area contributed by atoms with Crippen LogP contribution in [0.4, 0.5) is 20.2 Å². The van der Waals surface area contributed by atoms with Crippen molar-refractivity contribution in [3.05, 3.63) is 61.9 Å². The number of aliphatic hydroxyl groups is 1. The number of halogens is 3. The number of carboxylic acid groups (broad SMARTS) is 1. The monoisotopic (exact) mass is 524 g/mol. The van der Waals surface area contributed by atoms with Crippen LogP contribution in [0.3, 0.4) is 0 Å². The summed E-state index contributed by atoms with van der Waals surface area (Å²) in [4.78, 5) is 26.5. The molecule has 2 aromatic carbocycles. The van der Waals surface area contributed by atoms with E-state index in [4.69, 9.17) is 5.73 Å². The molecule has 0 unspecified atom stereocenters. The molecular formula is C22H23BrF2N4O4. The van der Waals surface area contributed by atoms with E-state index in [2.05, 4.69) is 21.2 Å². The first-order valence-electron chi connectivity index (χ1n) is 9.95. The van der Waals surface area contributed by atoms with Crippen LogP contribution in [0.5, 0.6) is 0 Å². The van der Waals surface area contributed by atoms with Gasteiger partial charge in [0, 0.05) is 18.3 Å². The molecule has 0 atom stereocenters. The van der Waals surface area contributed by atoms with Gasteiger partial charge in [-0.15, -0.1) is 0 Å². The van der Waals surface area contributed by atoms with E-state index in [0.29, 0.717) is 13.0 Å². The molecule has 0 aliphatic carbocycles. The van der Waals surface area contributed by atoms with Gasteiger partial charge >= 0.3 is 5.97 Å². The molecule has 1 aromatic heterocycles. The number of nitrogens with two attached hydrogens (primary N) is 1. The number of pyridine rings is 1. The summed E-state index contributed by atoms with van der Waals surface area (Å²) in [5.74, 6) is -3.02. The molecule has 0 radical (unpaired) electrons. The zero-order chi connectivity index (χ0) is 24.4. The molecule has 8 nitrogen and oxygen atoms in total. The van der Waals surface area contributed by atoms with Crippen molar-refractivity contribution in [3.63, 3.8) is 0 Å². The third-order valence-electron chi connectivity index (χ3n) is 5.12. The first-order chi connectivity index (χ1) is 15.6. The third kappa shape index (κ3) is 4.85. The number of aromatic nitrogens is 1. The number of hydrogen-bond donors (Lipinski definition) is 4. The average molecular weight is 525 g/mol. The van der Waals surface area contributed by atoms with Crippen molar-refractivity contribution in [1.82, 2.24) is 9.47 Å². The van der Waals surface area contributed by atoms with E-state index in [1.54, 1.807) is 0 Å². The number of aromatic carboxylic acids is 1. The van der Waals surface area contributed by atoms with Gasteiger partial charge in [-0.3, -0.25) is 4.79 Å². The van der Waals surface area contributed by atoms with Crippen LogP contribution in [-0.2, 0) is 6.61 Å². The number of nitrogens with one attached hydrogen (secondary N) is 1. The smallest absolute Gasteiger partial charge is 0.341 e. The highest BCUT2D eigenvalue weighted by Crippen LogP contribution is 2.35. The number of fused-ring (bicyclic) bond motifs is 1.